The topological polar surface area (TPSA) is 32.8 Å². The Morgan fingerprint density at radius 3 is 2.57 bits per heavy atom. The number of para-hydroxylation sites is 1. The van der Waals surface area contributed by atoms with Crippen LogP contribution in [0.25, 0.3) is 0 Å². The summed E-state index contributed by atoms with van der Waals surface area (Å²) in [6.45, 7) is 8.78. The molecule has 0 spiro atoms. The third-order valence-corrected chi connectivity index (χ3v) is 4.53. The zero-order valence-electron chi connectivity index (χ0n) is 13.1. The molecule has 0 N–H and O–H groups in total. The van der Waals surface area contributed by atoms with Gasteiger partial charge in [-0.1, -0.05) is 18.2 Å². The summed E-state index contributed by atoms with van der Waals surface area (Å²) in [5, 5.41) is 0. The predicted octanol–water partition coefficient (Wildman–Crippen LogP) is 2.29. The van der Waals surface area contributed by atoms with E-state index in [1.807, 2.05) is 35.2 Å². The molecule has 0 aromatic heterocycles. The van der Waals surface area contributed by atoms with Crippen LogP contribution in [0.4, 0.5) is 5.69 Å². The summed E-state index contributed by atoms with van der Waals surface area (Å²) in [4.78, 5) is 16.7. The maximum Gasteiger partial charge on any atom is 0.253 e. The molecule has 1 amide bonds. The van der Waals surface area contributed by atoms with Crippen LogP contribution in [-0.2, 0) is 9.53 Å². The number of piperidine rings is 1. The summed E-state index contributed by atoms with van der Waals surface area (Å²) >= 11 is 0. The first kappa shape index (κ1) is 14.5. The van der Waals surface area contributed by atoms with Gasteiger partial charge >= 0.3 is 0 Å². The number of morpholine rings is 1. The van der Waals surface area contributed by atoms with Crippen LogP contribution in [0.5, 0.6) is 0 Å². The molecule has 4 nitrogen and oxygen atoms in total. The number of amides is 1. The predicted molar refractivity (Wildman–Crippen MR) is 83.4 cm³/mol. The second kappa shape index (κ2) is 5.43. The number of hydrogen-bond donors (Lipinski definition) is 0. The molecule has 1 aromatic rings. The molecule has 114 valence electrons. The van der Waals surface area contributed by atoms with E-state index in [4.69, 9.17) is 4.74 Å². The second-order valence-corrected chi connectivity index (χ2v) is 6.92. The van der Waals surface area contributed by atoms with Crippen molar-refractivity contribution in [3.05, 3.63) is 30.3 Å². The largest absolute Gasteiger partial charge is 0.365 e. The van der Waals surface area contributed by atoms with Crippen LogP contribution < -0.4 is 4.90 Å². The molecule has 0 saturated carbocycles. The summed E-state index contributed by atoms with van der Waals surface area (Å²) in [7, 11) is 0. The lowest BCUT2D eigenvalue weighted by Crippen LogP contribution is -2.63. The van der Waals surface area contributed by atoms with Crippen molar-refractivity contribution in [2.75, 3.05) is 24.6 Å². The number of ether oxygens (including phenoxy) is 1. The maximum atomic E-state index is 12.3. The third-order valence-electron chi connectivity index (χ3n) is 4.53. The number of likely N-dealkylation sites (tertiary alicyclic amines) is 1. The Morgan fingerprint density at radius 2 is 1.90 bits per heavy atom. The number of anilines is 1. The molecule has 1 aromatic carbocycles. The van der Waals surface area contributed by atoms with Crippen molar-refractivity contribution in [2.45, 2.75) is 44.9 Å². The second-order valence-electron chi connectivity index (χ2n) is 6.92. The van der Waals surface area contributed by atoms with E-state index < -0.39 is 0 Å². The van der Waals surface area contributed by atoms with Gasteiger partial charge in [-0.25, -0.2) is 0 Å². The number of nitrogens with zero attached hydrogens (tertiary/aromatic N) is 2. The Hall–Kier alpha value is -1.39. The summed E-state index contributed by atoms with van der Waals surface area (Å²) in [6, 6.07) is 10.1. The van der Waals surface area contributed by atoms with Crippen LogP contribution in [0.2, 0.25) is 0 Å². The lowest BCUT2D eigenvalue weighted by atomic mass is 9.93. The van der Waals surface area contributed by atoms with E-state index in [2.05, 4.69) is 25.7 Å². The van der Waals surface area contributed by atoms with Gasteiger partial charge in [-0.05, 0) is 39.3 Å². The molecule has 2 saturated heterocycles. The van der Waals surface area contributed by atoms with E-state index in [9.17, 15) is 4.79 Å². The molecular formula is C17H24N2O2. The average Bonchev–Trinajstić information content (AvgIpc) is 2.46. The van der Waals surface area contributed by atoms with E-state index >= 15 is 0 Å². The summed E-state index contributed by atoms with van der Waals surface area (Å²) in [6.07, 6.45) is 1.07. The standard InChI is InChI=1S/C17H24N2O2/c1-17(2,3)18-10-9-14-15(11-18)21-12-16(20)19(14)13-7-5-4-6-8-13/h4-8,14-15H,9-12H2,1-3H3. The molecule has 21 heavy (non-hydrogen) atoms. The van der Waals surface area contributed by atoms with Crippen LogP contribution in [0.15, 0.2) is 30.3 Å². The zero-order chi connectivity index (χ0) is 15.0. The molecule has 0 radical (unpaired) electrons. The van der Waals surface area contributed by atoms with Crippen LogP contribution in [0.3, 0.4) is 0 Å². The van der Waals surface area contributed by atoms with Crippen molar-refractivity contribution in [2.24, 2.45) is 0 Å². The zero-order valence-corrected chi connectivity index (χ0v) is 13.1. The van der Waals surface area contributed by atoms with Crippen LogP contribution in [0.1, 0.15) is 27.2 Å². The van der Waals surface area contributed by atoms with Gasteiger partial charge in [0.05, 0.1) is 12.1 Å². The third kappa shape index (κ3) is 2.83. The molecule has 2 fully saturated rings. The van der Waals surface area contributed by atoms with E-state index in [1.54, 1.807) is 0 Å². The number of hydrogen-bond acceptors (Lipinski definition) is 3. The van der Waals surface area contributed by atoms with Crippen LogP contribution in [0, 0.1) is 0 Å². The molecule has 2 aliphatic heterocycles. The number of fused-ring (bicyclic) bond motifs is 1. The highest BCUT2D eigenvalue weighted by molar-refractivity contribution is 5.95. The van der Waals surface area contributed by atoms with Gasteiger partial charge in [0, 0.05) is 24.3 Å². The Morgan fingerprint density at radius 1 is 1.19 bits per heavy atom. The fraction of sp³-hybridized carbons (Fsp3) is 0.588. The molecular weight excluding hydrogens is 264 g/mol. The molecule has 2 aliphatic rings. The van der Waals surface area contributed by atoms with Gasteiger partial charge in [0.15, 0.2) is 0 Å². The van der Waals surface area contributed by atoms with E-state index in [0.29, 0.717) is 0 Å². The molecule has 0 aliphatic carbocycles. The minimum absolute atomic E-state index is 0.0756. The Kier molecular flexibility index (Phi) is 3.76. The minimum atomic E-state index is 0.0756. The highest BCUT2D eigenvalue weighted by Gasteiger charge is 2.42. The van der Waals surface area contributed by atoms with E-state index in [1.165, 1.54) is 0 Å². The Balaban J connectivity index is 1.82. The molecule has 4 heteroatoms. The van der Waals surface area contributed by atoms with Crippen molar-refractivity contribution in [3.8, 4) is 0 Å². The van der Waals surface area contributed by atoms with E-state index in [0.717, 1.165) is 25.2 Å². The molecule has 2 heterocycles. The normalized spacial score (nSPS) is 27.6. The monoisotopic (exact) mass is 288 g/mol. The highest BCUT2D eigenvalue weighted by Crippen LogP contribution is 2.31. The molecule has 2 unspecified atom stereocenters. The van der Waals surface area contributed by atoms with Crippen LogP contribution in [-0.4, -0.2) is 48.2 Å². The first-order valence-electron chi connectivity index (χ1n) is 7.70. The van der Waals surface area contributed by atoms with Crippen molar-refractivity contribution in [3.63, 3.8) is 0 Å². The van der Waals surface area contributed by atoms with Crippen molar-refractivity contribution < 1.29 is 9.53 Å². The average molecular weight is 288 g/mol. The van der Waals surface area contributed by atoms with Gasteiger partial charge in [0.25, 0.3) is 5.91 Å². The van der Waals surface area contributed by atoms with Gasteiger partial charge in [0.2, 0.25) is 0 Å². The molecule has 3 rings (SSSR count). The van der Waals surface area contributed by atoms with Gasteiger partial charge in [-0.3, -0.25) is 9.69 Å². The van der Waals surface area contributed by atoms with Gasteiger partial charge in [0.1, 0.15) is 6.61 Å². The number of rotatable bonds is 1. The summed E-state index contributed by atoms with van der Waals surface area (Å²) in [5.41, 5.74) is 1.14. The fourth-order valence-corrected chi connectivity index (χ4v) is 3.33. The van der Waals surface area contributed by atoms with Crippen molar-refractivity contribution in [1.82, 2.24) is 4.90 Å². The van der Waals surface area contributed by atoms with Crippen LogP contribution >= 0.6 is 0 Å². The minimum Gasteiger partial charge on any atom is -0.365 e. The lowest BCUT2D eigenvalue weighted by Gasteiger charge is -2.49. The van der Waals surface area contributed by atoms with Gasteiger partial charge in [-0.15, -0.1) is 0 Å². The van der Waals surface area contributed by atoms with Gasteiger partial charge in [-0.2, -0.15) is 0 Å². The number of carbonyl (C=O) groups is 1. The first-order chi connectivity index (χ1) is 9.97. The maximum absolute atomic E-state index is 12.3. The first-order valence-corrected chi connectivity index (χ1v) is 7.70. The lowest BCUT2D eigenvalue weighted by molar-refractivity contribution is -0.136. The van der Waals surface area contributed by atoms with Crippen molar-refractivity contribution >= 4 is 11.6 Å². The Labute approximate surface area is 126 Å². The Bertz CT molecular complexity index is 509. The summed E-state index contributed by atoms with van der Waals surface area (Å²) in [5.74, 6) is 0.0756. The van der Waals surface area contributed by atoms with E-state index in [-0.39, 0.29) is 30.2 Å². The number of benzene rings is 1. The summed E-state index contributed by atoms with van der Waals surface area (Å²) < 4.78 is 5.84. The number of carbonyl (C=O) groups excluding carboxylic acids is 1. The molecule has 0 bridgehead atoms. The SMILES string of the molecule is CC(C)(C)N1CCC2C(C1)OCC(=O)N2c1ccccc1. The fourth-order valence-electron chi connectivity index (χ4n) is 3.33. The quantitative estimate of drug-likeness (QED) is 0.795. The smallest absolute Gasteiger partial charge is 0.253 e. The van der Waals surface area contributed by atoms with Crippen molar-refractivity contribution in [1.29, 1.82) is 0 Å². The molecule has 2 atom stereocenters. The van der Waals surface area contributed by atoms with Gasteiger partial charge < -0.3 is 9.64 Å². The highest BCUT2D eigenvalue weighted by atomic mass is 16.5.